The molecule has 10 rings (SSSR count). The average molecular weight is 726 g/mol. The highest BCUT2D eigenvalue weighted by Gasteiger charge is 2.16. The highest BCUT2D eigenvalue weighted by atomic mass is 15.0. The van der Waals surface area contributed by atoms with Crippen molar-refractivity contribution < 1.29 is 0 Å². The summed E-state index contributed by atoms with van der Waals surface area (Å²) in [6, 6.07) is 83.4. The third-order valence-corrected chi connectivity index (χ3v) is 11.0. The van der Waals surface area contributed by atoms with E-state index in [1.165, 1.54) is 71.9 Å². The van der Waals surface area contributed by atoms with Crippen LogP contribution < -0.4 is 0 Å². The number of para-hydroxylation sites is 2. The van der Waals surface area contributed by atoms with Gasteiger partial charge in [0.1, 0.15) is 0 Å². The zero-order valence-electron chi connectivity index (χ0n) is 31.5. The Balaban J connectivity index is 1.16. The van der Waals surface area contributed by atoms with E-state index in [9.17, 15) is 0 Å². The van der Waals surface area contributed by atoms with Crippen molar-refractivity contribution >= 4 is 33.5 Å². The van der Waals surface area contributed by atoms with Crippen LogP contribution in [0.5, 0.6) is 0 Å². The van der Waals surface area contributed by atoms with E-state index in [4.69, 9.17) is 0 Å². The summed E-state index contributed by atoms with van der Waals surface area (Å²) < 4.78 is 2.40. The van der Waals surface area contributed by atoms with Gasteiger partial charge in [0.2, 0.25) is 0 Å². The lowest BCUT2D eigenvalue weighted by molar-refractivity contribution is 1.18. The van der Waals surface area contributed by atoms with E-state index in [1.54, 1.807) is 0 Å². The first-order chi connectivity index (χ1) is 28.2. The molecule has 57 heavy (non-hydrogen) atoms. The molecule has 0 aliphatic heterocycles. The van der Waals surface area contributed by atoms with Crippen molar-refractivity contribution in [2.45, 2.75) is 0 Å². The number of hydrogen-bond donors (Lipinski definition) is 0. The van der Waals surface area contributed by atoms with Gasteiger partial charge in [-0.2, -0.15) is 0 Å². The normalized spacial score (nSPS) is 11.6. The Labute approximate surface area is 334 Å². The second-order valence-electron chi connectivity index (χ2n) is 14.6. The van der Waals surface area contributed by atoms with Crippen molar-refractivity contribution in [2.75, 3.05) is 0 Å². The van der Waals surface area contributed by atoms with Gasteiger partial charge in [-0.05, 0) is 115 Å². The first-order valence-corrected chi connectivity index (χ1v) is 19.6. The number of rotatable bonds is 8. The Bertz CT molecular complexity index is 2990. The first kappa shape index (κ1) is 34.0. The second-order valence-corrected chi connectivity index (χ2v) is 14.6. The first-order valence-electron chi connectivity index (χ1n) is 19.6. The van der Waals surface area contributed by atoms with Crippen LogP contribution >= 0.6 is 0 Å². The Kier molecular flexibility index (Phi) is 8.95. The molecule has 1 nitrogen and oxygen atoms in total. The lowest BCUT2D eigenvalue weighted by Crippen LogP contribution is -1.94. The van der Waals surface area contributed by atoms with Crippen molar-refractivity contribution in [2.24, 2.45) is 0 Å². The summed E-state index contributed by atoms with van der Waals surface area (Å²) in [5.74, 6) is 0. The van der Waals surface area contributed by atoms with E-state index in [0.29, 0.717) is 0 Å². The summed E-state index contributed by atoms with van der Waals surface area (Å²) in [5, 5.41) is 2.50. The molecule has 0 saturated carbocycles. The minimum Gasteiger partial charge on any atom is -0.309 e. The van der Waals surface area contributed by atoms with Crippen LogP contribution in [0.4, 0.5) is 0 Å². The third kappa shape index (κ3) is 6.77. The predicted octanol–water partition coefficient (Wildman–Crippen LogP) is 15.0. The molecule has 0 amide bonds. The predicted molar refractivity (Wildman–Crippen MR) is 242 cm³/mol. The second kappa shape index (κ2) is 15.0. The van der Waals surface area contributed by atoms with E-state index in [0.717, 1.165) is 22.4 Å². The van der Waals surface area contributed by atoms with Crippen LogP contribution in [-0.4, -0.2) is 4.57 Å². The van der Waals surface area contributed by atoms with Crippen molar-refractivity contribution in [3.63, 3.8) is 0 Å². The monoisotopic (exact) mass is 725 g/mol. The zero-order chi connectivity index (χ0) is 38.0. The highest BCUT2D eigenvalue weighted by molar-refractivity contribution is 6.10. The van der Waals surface area contributed by atoms with Gasteiger partial charge >= 0.3 is 0 Å². The fraction of sp³-hybridized carbons (Fsp3) is 0. The van der Waals surface area contributed by atoms with Gasteiger partial charge in [0, 0.05) is 16.5 Å². The molecule has 0 aliphatic carbocycles. The maximum absolute atomic E-state index is 2.40. The number of benzene rings is 9. The van der Waals surface area contributed by atoms with Gasteiger partial charge in [-0.3, -0.25) is 0 Å². The molecular formula is C56H39N. The van der Waals surface area contributed by atoms with Crippen molar-refractivity contribution in [3.8, 4) is 50.2 Å². The van der Waals surface area contributed by atoms with Gasteiger partial charge in [0.25, 0.3) is 0 Å². The summed E-state index contributed by atoms with van der Waals surface area (Å²) >= 11 is 0. The molecule has 0 spiro atoms. The molecular weight excluding hydrogens is 687 g/mol. The Morgan fingerprint density at radius 2 is 0.754 bits per heavy atom. The zero-order valence-corrected chi connectivity index (χ0v) is 31.5. The molecule has 0 aliphatic rings. The molecule has 0 fully saturated rings. The van der Waals surface area contributed by atoms with Gasteiger partial charge < -0.3 is 4.57 Å². The molecule has 0 atom stereocenters. The fourth-order valence-electron chi connectivity index (χ4n) is 8.13. The molecule has 1 heterocycles. The van der Waals surface area contributed by atoms with Crippen molar-refractivity contribution in [1.29, 1.82) is 0 Å². The quantitative estimate of drug-likeness (QED) is 0.137. The maximum Gasteiger partial charge on any atom is 0.0547 e. The van der Waals surface area contributed by atoms with Crippen molar-refractivity contribution in [1.82, 2.24) is 4.57 Å². The Morgan fingerprint density at radius 3 is 1.37 bits per heavy atom. The lowest BCUT2D eigenvalue weighted by atomic mass is 9.89. The number of nitrogens with zero attached hydrogens (tertiary/aromatic N) is 1. The van der Waals surface area contributed by atoms with E-state index in [-0.39, 0.29) is 0 Å². The van der Waals surface area contributed by atoms with Crippen LogP contribution in [0.3, 0.4) is 0 Å². The smallest absolute Gasteiger partial charge is 0.0547 e. The van der Waals surface area contributed by atoms with Crippen LogP contribution in [0.15, 0.2) is 231 Å². The molecule has 10 aromatic rings. The molecule has 0 bridgehead atoms. The summed E-state index contributed by atoms with van der Waals surface area (Å²) in [6.45, 7) is 0. The van der Waals surface area contributed by atoms with Gasteiger partial charge in [-0.25, -0.2) is 0 Å². The summed E-state index contributed by atoms with van der Waals surface area (Å²) in [6.07, 6.45) is 2.34. The number of aromatic nitrogens is 1. The summed E-state index contributed by atoms with van der Waals surface area (Å²) in [5.41, 5.74) is 17.7. The lowest BCUT2D eigenvalue weighted by Gasteiger charge is -2.16. The topological polar surface area (TPSA) is 4.93 Å². The molecule has 0 unspecified atom stereocenters. The van der Waals surface area contributed by atoms with Crippen LogP contribution in [0.25, 0.3) is 83.6 Å². The van der Waals surface area contributed by atoms with E-state index in [1.807, 2.05) is 0 Å². The fourth-order valence-corrected chi connectivity index (χ4v) is 8.13. The van der Waals surface area contributed by atoms with Gasteiger partial charge in [0.05, 0.1) is 11.0 Å². The van der Waals surface area contributed by atoms with Crippen LogP contribution in [0, 0.1) is 0 Å². The molecule has 1 heteroatoms. The Morgan fingerprint density at radius 1 is 0.298 bits per heavy atom. The van der Waals surface area contributed by atoms with Gasteiger partial charge in [-0.1, -0.05) is 188 Å². The minimum absolute atomic E-state index is 1.15. The van der Waals surface area contributed by atoms with Gasteiger partial charge in [0.15, 0.2) is 0 Å². The number of hydrogen-bond acceptors (Lipinski definition) is 0. The summed E-state index contributed by atoms with van der Waals surface area (Å²) in [4.78, 5) is 0. The van der Waals surface area contributed by atoms with E-state index >= 15 is 0 Å². The van der Waals surface area contributed by atoms with E-state index in [2.05, 4.69) is 241 Å². The highest BCUT2D eigenvalue weighted by Crippen LogP contribution is 2.39. The molecule has 1 aromatic heterocycles. The van der Waals surface area contributed by atoms with Crippen molar-refractivity contribution in [3.05, 3.63) is 247 Å². The molecule has 9 aromatic carbocycles. The molecule has 0 radical (unpaired) electrons. The average Bonchev–Trinajstić information content (AvgIpc) is 3.63. The maximum atomic E-state index is 2.40. The van der Waals surface area contributed by atoms with Crippen LogP contribution in [0.1, 0.15) is 16.7 Å². The Hall–Kier alpha value is -7.48. The molecule has 0 saturated heterocycles. The summed E-state index contributed by atoms with van der Waals surface area (Å²) in [7, 11) is 0. The van der Waals surface area contributed by atoms with E-state index < -0.39 is 0 Å². The number of fused-ring (bicyclic) bond motifs is 3. The SMILES string of the molecule is C(=C(\c1ccc(-c2ccccc2)cc1)c1cc(-c2ccccc2)cc(-c2ccc3c4ccccc4n(-c4ccccc4)c3c2)c1)/c1ccc(-c2ccccc2)cc1. The van der Waals surface area contributed by atoms with Crippen LogP contribution in [-0.2, 0) is 0 Å². The largest absolute Gasteiger partial charge is 0.309 e. The standard InChI is InChI=1S/C56H39N/c1-5-15-41(16-6-1)44-27-25-40(26-28-44)35-54(46-31-29-45(30-32-46)42-17-7-2-8-18-42)50-37-48(43-19-9-3-10-20-43)36-49(38-50)47-33-34-53-52-23-13-14-24-55(52)57(56(53)39-47)51-21-11-4-12-22-51/h1-39H/b54-35-. The van der Waals surface area contributed by atoms with Crippen LogP contribution in [0.2, 0.25) is 0 Å². The molecule has 0 N–H and O–H groups in total. The molecule has 268 valence electrons. The third-order valence-electron chi connectivity index (χ3n) is 11.0. The minimum atomic E-state index is 1.15. The van der Waals surface area contributed by atoms with Gasteiger partial charge in [-0.15, -0.1) is 0 Å².